The van der Waals surface area contributed by atoms with Crippen molar-refractivity contribution in [3.8, 4) is 0 Å². The summed E-state index contributed by atoms with van der Waals surface area (Å²) in [4.78, 5) is 21.1. The number of hydrogen-bond donors (Lipinski definition) is 0. The van der Waals surface area contributed by atoms with Gasteiger partial charge in [-0.05, 0) is 19.3 Å². The molecule has 1 aromatic heterocycles. The maximum Gasteiger partial charge on any atom is 0.229 e. The van der Waals surface area contributed by atoms with Gasteiger partial charge in [0.1, 0.15) is 5.82 Å². The lowest BCUT2D eigenvalue weighted by atomic mass is 10.2. The molecule has 3 aliphatic heterocycles. The van der Waals surface area contributed by atoms with Crippen molar-refractivity contribution < 1.29 is 4.79 Å². The Morgan fingerprint density at radius 3 is 3.18 bits per heavy atom. The van der Waals surface area contributed by atoms with E-state index < -0.39 is 0 Å². The third kappa shape index (κ3) is 2.13. The van der Waals surface area contributed by atoms with E-state index >= 15 is 0 Å². The molecule has 116 valence electrons. The summed E-state index contributed by atoms with van der Waals surface area (Å²) < 4.78 is 2.12. The number of hydrogen-bond acceptors (Lipinski definition) is 6. The summed E-state index contributed by atoms with van der Waals surface area (Å²) in [5.41, 5.74) is 1.07. The molecule has 1 atom stereocenters. The van der Waals surface area contributed by atoms with Gasteiger partial charge in [0.25, 0.3) is 0 Å². The molecule has 0 radical (unpaired) electrons. The van der Waals surface area contributed by atoms with Crippen molar-refractivity contribution in [2.45, 2.75) is 32.9 Å². The van der Waals surface area contributed by atoms with Crippen LogP contribution in [-0.2, 0) is 11.3 Å². The second kappa shape index (κ2) is 5.12. The number of amidine groups is 1. The first-order valence-electron chi connectivity index (χ1n) is 7.49. The van der Waals surface area contributed by atoms with Crippen molar-refractivity contribution in [1.29, 1.82) is 0 Å². The van der Waals surface area contributed by atoms with E-state index in [0.29, 0.717) is 19.5 Å². The van der Waals surface area contributed by atoms with E-state index in [0.717, 1.165) is 35.6 Å². The fourth-order valence-electron chi connectivity index (χ4n) is 3.30. The first-order valence-corrected chi connectivity index (χ1v) is 8.37. The highest BCUT2D eigenvalue weighted by Gasteiger charge is 2.32. The van der Waals surface area contributed by atoms with Gasteiger partial charge in [-0.2, -0.15) is 0 Å². The summed E-state index contributed by atoms with van der Waals surface area (Å²) in [6, 6.07) is 0.221. The Balaban J connectivity index is 1.47. The molecule has 0 N–H and O–H groups in total. The fraction of sp³-hybridized carbons (Fsp3) is 0.571. The normalized spacial score (nSPS) is 23.3. The molecular formula is C14H18N6OS. The topological polar surface area (TPSA) is 66.6 Å². The van der Waals surface area contributed by atoms with Crippen LogP contribution in [0.5, 0.6) is 0 Å². The van der Waals surface area contributed by atoms with E-state index in [2.05, 4.69) is 37.0 Å². The molecule has 0 saturated heterocycles. The summed E-state index contributed by atoms with van der Waals surface area (Å²) in [7, 11) is 0. The first-order chi connectivity index (χ1) is 10.6. The third-order valence-corrected chi connectivity index (χ3v) is 5.28. The Morgan fingerprint density at radius 1 is 1.45 bits per heavy atom. The molecule has 1 aromatic rings. The van der Waals surface area contributed by atoms with Gasteiger partial charge in [0, 0.05) is 18.8 Å². The number of thioether (sulfide) groups is 1. The Bertz CT molecular complexity index is 694. The lowest BCUT2D eigenvalue weighted by Gasteiger charge is -2.32. The molecule has 4 heterocycles. The number of aryl methyl sites for hydroxylation is 1. The average Bonchev–Trinajstić information content (AvgIpc) is 3.17. The number of amides is 1. The molecule has 0 saturated carbocycles. The van der Waals surface area contributed by atoms with Crippen LogP contribution in [0.1, 0.15) is 31.0 Å². The fourth-order valence-corrected chi connectivity index (χ4v) is 4.26. The zero-order valence-electron chi connectivity index (χ0n) is 12.7. The number of carbonyl (C=O) groups is 1. The highest BCUT2D eigenvalue weighted by atomic mass is 32.2. The van der Waals surface area contributed by atoms with Gasteiger partial charge in [0.15, 0.2) is 11.0 Å². The van der Waals surface area contributed by atoms with Crippen LogP contribution in [-0.4, -0.2) is 55.3 Å². The van der Waals surface area contributed by atoms with E-state index in [1.54, 1.807) is 11.8 Å². The second-order valence-electron chi connectivity index (χ2n) is 5.88. The van der Waals surface area contributed by atoms with Crippen LogP contribution < -0.4 is 0 Å². The maximum atomic E-state index is 12.7. The molecule has 8 heteroatoms. The molecule has 1 amide bonds. The molecule has 4 rings (SSSR count). The summed E-state index contributed by atoms with van der Waals surface area (Å²) in [6.45, 7) is 7.05. The van der Waals surface area contributed by atoms with Crippen molar-refractivity contribution in [2.75, 3.05) is 19.6 Å². The molecule has 3 aliphatic rings. The van der Waals surface area contributed by atoms with Gasteiger partial charge < -0.3 is 14.4 Å². The van der Waals surface area contributed by atoms with E-state index in [-0.39, 0.29) is 11.9 Å². The van der Waals surface area contributed by atoms with Crippen LogP contribution in [0.4, 0.5) is 0 Å². The molecule has 22 heavy (non-hydrogen) atoms. The predicted octanol–water partition coefficient (Wildman–Crippen LogP) is 1.14. The van der Waals surface area contributed by atoms with Gasteiger partial charge in [-0.25, -0.2) is 0 Å². The molecule has 0 spiro atoms. The van der Waals surface area contributed by atoms with E-state index in [9.17, 15) is 4.79 Å². The lowest BCUT2D eigenvalue weighted by Crippen LogP contribution is -2.41. The van der Waals surface area contributed by atoms with Crippen LogP contribution in [0.2, 0.25) is 0 Å². The van der Waals surface area contributed by atoms with Gasteiger partial charge in [0.2, 0.25) is 5.91 Å². The molecule has 7 nitrogen and oxygen atoms in total. The maximum absolute atomic E-state index is 12.7. The summed E-state index contributed by atoms with van der Waals surface area (Å²) in [5, 5.41) is 11.4. The summed E-state index contributed by atoms with van der Waals surface area (Å²) >= 11 is 1.62. The average molecular weight is 318 g/mol. The Labute approximate surface area is 133 Å². The number of rotatable bonds is 2. The van der Waals surface area contributed by atoms with Crippen molar-refractivity contribution in [3.05, 3.63) is 22.8 Å². The molecular weight excluding hydrogens is 300 g/mol. The van der Waals surface area contributed by atoms with E-state index in [1.165, 1.54) is 0 Å². The molecule has 0 aromatic carbocycles. The highest BCUT2D eigenvalue weighted by molar-refractivity contribution is 8.16. The van der Waals surface area contributed by atoms with Crippen LogP contribution in [0.25, 0.3) is 0 Å². The minimum atomic E-state index is 0.152. The minimum Gasteiger partial charge on any atom is -0.333 e. The number of carbonyl (C=O) groups excluding carboxylic acids is 1. The SMILES string of the molecule is Cc1nnc2n1[C@H](C)CN(C(=O)CC1=CSC3=NCCN13)C2. The second-order valence-corrected chi connectivity index (χ2v) is 6.71. The van der Waals surface area contributed by atoms with Crippen molar-refractivity contribution in [3.63, 3.8) is 0 Å². The predicted molar refractivity (Wildman–Crippen MR) is 84.2 cm³/mol. The molecule has 0 aliphatic carbocycles. The molecule has 0 bridgehead atoms. The van der Waals surface area contributed by atoms with Crippen LogP contribution in [0, 0.1) is 6.92 Å². The smallest absolute Gasteiger partial charge is 0.229 e. The molecule has 0 unspecified atom stereocenters. The number of aliphatic imine (C=N–C) groups is 1. The van der Waals surface area contributed by atoms with Gasteiger partial charge in [-0.3, -0.25) is 9.79 Å². The minimum absolute atomic E-state index is 0.152. The highest BCUT2D eigenvalue weighted by Crippen LogP contribution is 2.32. The van der Waals surface area contributed by atoms with Crippen LogP contribution >= 0.6 is 11.8 Å². The Hall–Kier alpha value is -1.83. The monoisotopic (exact) mass is 318 g/mol. The van der Waals surface area contributed by atoms with E-state index in [1.807, 2.05) is 11.8 Å². The zero-order valence-corrected chi connectivity index (χ0v) is 13.5. The number of nitrogens with zero attached hydrogens (tertiary/aromatic N) is 6. The largest absolute Gasteiger partial charge is 0.333 e. The van der Waals surface area contributed by atoms with Crippen LogP contribution in [0.3, 0.4) is 0 Å². The van der Waals surface area contributed by atoms with Gasteiger partial charge in [0.05, 0.1) is 25.6 Å². The van der Waals surface area contributed by atoms with Crippen LogP contribution in [0.15, 0.2) is 16.1 Å². The standard InChI is InChI=1S/C14H18N6OS/c1-9-6-18(7-12-17-16-10(2)20(9)12)13(21)5-11-8-22-14-15-3-4-19(11)14/h8-9H,3-7H2,1-2H3/t9-/m1/s1. The van der Waals surface area contributed by atoms with Gasteiger partial charge >= 0.3 is 0 Å². The van der Waals surface area contributed by atoms with Crippen molar-refractivity contribution in [1.82, 2.24) is 24.6 Å². The Morgan fingerprint density at radius 2 is 2.32 bits per heavy atom. The number of fused-ring (bicyclic) bond motifs is 2. The van der Waals surface area contributed by atoms with E-state index in [4.69, 9.17) is 0 Å². The number of aromatic nitrogens is 3. The quantitative estimate of drug-likeness (QED) is 0.818. The van der Waals surface area contributed by atoms with Gasteiger partial charge in [-0.1, -0.05) is 11.8 Å². The summed E-state index contributed by atoms with van der Waals surface area (Å²) in [6.07, 6.45) is 0.436. The lowest BCUT2D eigenvalue weighted by molar-refractivity contribution is -0.132. The van der Waals surface area contributed by atoms with Crippen molar-refractivity contribution >= 4 is 22.8 Å². The first kappa shape index (κ1) is 13.8. The zero-order chi connectivity index (χ0) is 15.3. The Kier molecular flexibility index (Phi) is 3.21. The van der Waals surface area contributed by atoms with Crippen molar-refractivity contribution in [2.24, 2.45) is 4.99 Å². The molecule has 0 fully saturated rings. The van der Waals surface area contributed by atoms with Gasteiger partial charge in [-0.15, -0.1) is 10.2 Å². The summed E-state index contributed by atoms with van der Waals surface area (Å²) in [5.74, 6) is 1.95. The third-order valence-electron chi connectivity index (χ3n) is 4.33.